The summed E-state index contributed by atoms with van der Waals surface area (Å²) in [5.41, 5.74) is -0.360. The van der Waals surface area contributed by atoms with Crippen molar-refractivity contribution in [2.24, 2.45) is 0 Å². The molecule has 0 atom stereocenters. The van der Waals surface area contributed by atoms with Crippen molar-refractivity contribution >= 4 is 23.4 Å². The van der Waals surface area contributed by atoms with Crippen LogP contribution in [0, 0.1) is 0 Å². The van der Waals surface area contributed by atoms with E-state index in [1.807, 2.05) is 6.07 Å². The van der Waals surface area contributed by atoms with Gasteiger partial charge in [-0.3, -0.25) is 4.79 Å². The van der Waals surface area contributed by atoms with Gasteiger partial charge in [0.05, 0.1) is 6.26 Å². The van der Waals surface area contributed by atoms with Gasteiger partial charge < -0.3 is 9.73 Å². The Morgan fingerprint density at radius 3 is 2.56 bits per heavy atom. The van der Waals surface area contributed by atoms with Crippen LogP contribution in [0.3, 0.4) is 0 Å². The largest absolute Gasteiger partial charge is 0.463 e. The minimum Gasteiger partial charge on any atom is -0.463 e. The molecule has 9 heteroatoms. The third kappa shape index (κ3) is 5.33. The minimum absolute atomic E-state index is 0.0403. The van der Waals surface area contributed by atoms with E-state index in [-0.39, 0.29) is 34.7 Å². The number of carbonyl (C=O) groups excluding carboxylic acids is 1. The Morgan fingerprint density at radius 2 is 1.89 bits per heavy atom. The van der Waals surface area contributed by atoms with Crippen LogP contribution < -0.4 is 5.32 Å². The fraction of sp³-hybridized carbons (Fsp3) is 0.167. The lowest BCUT2D eigenvalue weighted by molar-refractivity contribution is -0.141. The van der Waals surface area contributed by atoms with Crippen LogP contribution in [-0.4, -0.2) is 21.6 Å². The number of anilines is 1. The van der Waals surface area contributed by atoms with Gasteiger partial charge in [0.1, 0.15) is 11.4 Å². The highest BCUT2D eigenvalue weighted by Gasteiger charge is 2.34. The zero-order valence-electron chi connectivity index (χ0n) is 13.9. The molecule has 27 heavy (non-hydrogen) atoms. The molecule has 0 saturated heterocycles. The summed E-state index contributed by atoms with van der Waals surface area (Å²) in [7, 11) is 0. The maximum atomic E-state index is 13.1. The number of amides is 1. The smallest absolute Gasteiger partial charge is 0.433 e. The third-order valence-corrected chi connectivity index (χ3v) is 4.24. The molecule has 0 spiro atoms. The van der Waals surface area contributed by atoms with Gasteiger partial charge in [-0.15, -0.1) is 0 Å². The maximum absolute atomic E-state index is 13.1. The fourth-order valence-electron chi connectivity index (χ4n) is 2.17. The van der Waals surface area contributed by atoms with Crippen molar-refractivity contribution in [2.45, 2.75) is 17.8 Å². The average Bonchev–Trinajstić information content (AvgIpc) is 3.16. The zero-order valence-corrected chi connectivity index (χ0v) is 14.7. The zero-order chi connectivity index (χ0) is 19.3. The number of para-hydroxylation sites is 1. The number of nitrogens with one attached hydrogen (secondary N) is 1. The second-order valence-electron chi connectivity index (χ2n) is 5.41. The molecule has 2 aromatic heterocycles. The second kappa shape index (κ2) is 8.26. The van der Waals surface area contributed by atoms with Gasteiger partial charge in [-0.1, -0.05) is 30.0 Å². The predicted octanol–water partition coefficient (Wildman–Crippen LogP) is 4.88. The van der Waals surface area contributed by atoms with Gasteiger partial charge in [0.2, 0.25) is 5.91 Å². The highest BCUT2D eigenvalue weighted by Crippen LogP contribution is 2.32. The second-order valence-corrected chi connectivity index (χ2v) is 6.47. The van der Waals surface area contributed by atoms with Crippen LogP contribution in [-0.2, 0) is 11.0 Å². The molecule has 3 aromatic rings. The molecule has 0 aliphatic heterocycles. The maximum Gasteiger partial charge on any atom is 0.433 e. The standard InChI is InChI=1S/C18H14F3N3O2S/c19-18(20,21)15-11-13(14-7-4-9-26-14)23-17(24-15)27-10-8-16(25)22-12-5-2-1-3-6-12/h1-7,9,11H,8,10H2,(H,22,25). The molecule has 1 amide bonds. The minimum atomic E-state index is -4.61. The molecule has 1 N–H and O–H groups in total. The summed E-state index contributed by atoms with van der Waals surface area (Å²) in [5.74, 6) is 0.205. The molecular weight excluding hydrogens is 379 g/mol. The lowest BCUT2D eigenvalue weighted by Crippen LogP contribution is -2.13. The number of benzene rings is 1. The number of nitrogens with zero attached hydrogens (tertiary/aromatic N) is 2. The number of halogens is 3. The van der Waals surface area contributed by atoms with Crippen LogP contribution in [0.4, 0.5) is 18.9 Å². The van der Waals surface area contributed by atoms with Crippen molar-refractivity contribution in [3.05, 3.63) is 60.5 Å². The van der Waals surface area contributed by atoms with Gasteiger partial charge in [0.15, 0.2) is 10.9 Å². The third-order valence-electron chi connectivity index (χ3n) is 3.39. The van der Waals surface area contributed by atoms with E-state index in [4.69, 9.17) is 4.42 Å². The van der Waals surface area contributed by atoms with Gasteiger partial charge >= 0.3 is 6.18 Å². The Morgan fingerprint density at radius 1 is 1.11 bits per heavy atom. The van der Waals surface area contributed by atoms with E-state index in [1.165, 1.54) is 12.3 Å². The van der Waals surface area contributed by atoms with E-state index in [2.05, 4.69) is 15.3 Å². The molecule has 0 unspecified atom stereocenters. The van der Waals surface area contributed by atoms with Crippen LogP contribution in [0.25, 0.3) is 11.5 Å². The quantitative estimate of drug-likeness (QED) is 0.478. The molecule has 2 heterocycles. The monoisotopic (exact) mass is 393 g/mol. The number of alkyl halides is 3. The molecule has 0 radical (unpaired) electrons. The summed E-state index contributed by atoms with van der Waals surface area (Å²) in [6, 6.07) is 12.8. The predicted molar refractivity (Wildman–Crippen MR) is 95.1 cm³/mol. The normalized spacial score (nSPS) is 11.4. The van der Waals surface area contributed by atoms with Crippen LogP contribution in [0.1, 0.15) is 12.1 Å². The Kier molecular flexibility index (Phi) is 5.80. The molecule has 0 fully saturated rings. The number of thioether (sulfide) groups is 1. The first-order valence-corrected chi connectivity index (χ1v) is 8.88. The Hall–Kier alpha value is -2.81. The molecular formula is C18H14F3N3O2S. The number of hydrogen-bond donors (Lipinski definition) is 1. The number of furan rings is 1. The van der Waals surface area contributed by atoms with Crippen molar-refractivity contribution in [1.82, 2.24) is 9.97 Å². The summed E-state index contributed by atoms with van der Waals surface area (Å²) >= 11 is 0.976. The summed E-state index contributed by atoms with van der Waals surface area (Å²) in [4.78, 5) is 19.6. The Bertz CT molecular complexity index is 900. The first-order valence-electron chi connectivity index (χ1n) is 7.90. The van der Waals surface area contributed by atoms with Gasteiger partial charge in [-0.25, -0.2) is 9.97 Å². The van der Waals surface area contributed by atoms with Gasteiger partial charge in [-0.05, 0) is 30.3 Å². The van der Waals surface area contributed by atoms with Crippen molar-refractivity contribution in [1.29, 1.82) is 0 Å². The highest BCUT2D eigenvalue weighted by molar-refractivity contribution is 7.99. The number of hydrogen-bond acceptors (Lipinski definition) is 5. The van der Waals surface area contributed by atoms with E-state index < -0.39 is 11.9 Å². The topological polar surface area (TPSA) is 68.0 Å². The lowest BCUT2D eigenvalue weighted by atomic mass is 10.2. The molecule has 0 saturated carbocycles. The fourth-order valence-corrected chi connectivity index (χ4v) is 2.96. The SMILES string of the molecule is O=C(CCSc1nc(-c2ccco2)cc(C(F)(F)F)n1)Nc1ccccc1. The summed E-state index contributed by atoms with van der Waals surface area (Å²) in [5, 5.41) is 2.64. The van der Waals surface area contributed by atoms with Gasteiger partial charge in [0.25, 0.3) is 0 Å². The number of rotatable bonds is 6. The van der Waals surface area contributed by atoms with E-state index >= 15 is 0 Å². The number of aromatic nitrogens is 2. The first-order chi connectivity index (χ1) is 12.9. The van der Waals surface area contributed by atoms with Crippen LogP contribution in [0.5, 0.6) is 0 Å². The Labute approximate surface area is 157 Å². The summed E-state index contributed by atoms with van der Waals surface area (Å²) in [6.45, 7) is 0. The molecule has 5 nitrogen and oxygen atoms in total. The molecule has 140 valence electrons. The first kappa shape index (κ1) is 19.0. The van der Waals surface area contributed by atoms with Crippen molar-refractivity contribution in [3.8, 4) is 11.5 Å². The van der Waals surface area contributed by atoms with E-state index in [1.54, 1.807) is 30.3 Å². The summed E-state index contributed by atoms with van der Waals surface area (Å²) in [6.07, 6.45) is -3.15. The van der Waals surface area contributed by atoms with Gasteiger partial charge in [-0.2, -0.15) is 13.2 Å². The van der Waals surface area contributed by atoms with Crippen molar-refractivity contribution in [3.63, 3.8) is 0 Å². The molecule has 0 bridgehead atoms. The lowest BCUT2D eigenvalue weighted by Gasteiger charge is -2.09. The highest BCUT2D eigenvalue weighted by atomic mass is 32.2. The Balaban J connectivity index is 1.67. The molecule has 1 aromatic carbocycles. The molecule has 0 aliphatic carbocycles. The van der Waals surface area contributed by atoms with Gasteiger partial charge in [0, 0.05) is 17.9 Å². The van der Waals surface area contributed by atoms with Crippen LogP contribution in [0.15, 0.2) is 64.4 Å². The van der Waals surface area contributed by atoms with Crippen molar-refractivity contribution < 1.29 is 22.4 Å². The van der Waals surface area contributed by atoms with E-state index in [9.17, 15) is 18.0 Å². The molecule has 3 rings (SSSR count). The van der Waals surface area contributed by atoms with Crippen molar-refractivity contribution in [2.75, 3.05) is 11.1 Å². The summed E-state index contributed by atoms with van der Waals surface area (Å²) < 4.78 is 44.4. The van der Waals surface area contributed by atoms with E-state index in [0.29, 0.717) is 5.69 Å². The average molecular weight is 393 g/mol. The number of carbonyl (C=O) groups is 1. The molecule has 0 aliphatic rings. The van der Waals surface area contributed by atoms with E-state index in [0.717, 1.165) is 17.8 Å². The van der Waals surface area contributed by atoms with Crippen LogP contribution in [0.2, 0.25) is 0 Å². The van der Waals surface area contributed by atoms with Crippen LogP contribution >= 0.6 is 11.8 Å².